The number of nitrogens with zero attached hydrogens (tertiary/aromatic N) is 1. The van der Waals surface area contributed by atoms with Gasteiger partial charge in [0.25, 0.3) is 0 Å². The van der Waals surface area contributed by atoms with E-state index in [1.165, 1.54) is 0 Å². The van der Waals surface area contributed by atoms with E-state index >= 15 is 0 Å². The van der Waals surface area contributed by atoms with Crippen LogP contribution in [0.1, 0.15) is 20.3 Å². The minimum absolute atomic E-state index is 0.182. The molecule has 0 rings (SSSR count). The molecule has 0 aliphatic rings. The van der Waals surface area contributed by atoms with E-state index in [-0.39, 0.29) is 5.92 Å². The van der Waals surface area contributed by atoms with Gasteiger partial charge in [-0.05, 0) is 24.1 Å². The van der Waals surface area contributed by atoms with E-state index in [9.17, 15) is 4.57 Å². The topological polar surface area (TPSA) is 60.8 Å². The molecule has 0 aliphatic carbocycles. The Labute approximate surface area is 85.5 Å². The highest BCUT2D eigenvalue weighted by Crippen LogP contribution is 2.47. The Kier molecular flexibility index (Phi) is 5.30. The fourth-order valence-corrected chi connectivity index (χ4v) is 2.98. The normalized spacial score (nSPS) is 15.7. The van der Waals surface area contributed by atoms with Gasteiger partial charge in [-0.1, -0.05) is 13.8 Å². The Balaban J connectivity index is 4.36. The molecule has 7 heteroatoms. The van der Waals surface area contributed by atoms with Crippen molar-refractivity contribution in [1.29, 1.82) is 0 Å². The maximum Gasteiger partial charge on any atom is 0.344 e. The fourth-order valence-electron chi connectivity index (χ4n) is 0.752. The Morgan fingerprint density at radius 2 is 2.00 bits per heavy atom. The summed E-state index contributed by atoms with van der Waals surface area (Å²) in [7, 11) is -4.14. The molecule has 0 bridgehead atoms. The molecule has 0 aromatic heterocycles. The summed E-state index contributed by atoms with van der Waals surface area (Å²) >= 11 is 8.24. The number of rotatable bonds is 4. The molecule has 0 aliphatic heterocycles. The molecule has 0 aromatic rings. The van der Waals surface area contributed by atoms with Crippen molar-refractivity contribution in [1.82, 2.24) is 3.45 Å². The lowest BCUT2D eigenvalue weighted by Gasteiger charge is -2.22. The summed E-state index contributed by atoms with van der Waals surface area (Å²) in [4.78, 5) is 17.7. The zero-order chi connectivity index (χ0) is 9.94. The molecule has 0 amide bonds. The minimum Gasteiger partial charge on any atom is -0.323 e. The Hall–Kier alpha value is 0.880. The van der Waals surface area contributed by atoms with Gasteiger partial charge in [-0.25, -0.2) is 0 Å². The Morgan fingerprint density at radius 3 is 2.08 bits per heavy atom. The van der Waals surface area contributed by atoms with Crippen LogP contribution in [0.25, 0.3) is 0 Å². The van der Waals surface area contributed by atoms with E-state index in [0.29, 0.717) is 6.42 Å². The van der Waals surface area contributed by atoms with Gasteiger partial charge >= 0.3 is 7.60 Å². The maximum absolute atomic E-state index is 10.8. The molecule has 74 valence electrons. The van der Waals surface area contributed by atoms with Crippen molar-refractivity contribution < 1.29 is 14.4 Å². The van der Waals surface area contributed by atoms with Crippen LogP contribution in [0, 0.1) is 5.92 Å². The van der Waals surface area contributed by atoms with Crippen LogP contribution in [0.4, 0.5) is 0 Å². The third-order valence-corrected chi connectivity index (χ3v) is 3.70. The fraction of sp³-hybridized carbons (Fsp3) is 1.00. The first-order chi connectivity index (χ1) is 5.25. The van der Waals surface area contributed by atoms with Crippen LogP contribution in [0.3, 0.4) is 0 Å². The predicted molar refractivity (Wildman–Crippen MR) is 51.9 cm³/mol. The van der Waals surface area contributed by atoms with E-state index < -0.39 is 13.4 Å². The SMILES string of the molecule is CC(C)C[C@H](N(Cl)Br)P(=O)(O)O. The summed E-state index contributed by atoms with van der Waals surface area (Å²) in [6.45, 7) is 3.74. The van der Waals surface area contributed by atoms with Crippen LogP contribution in [0.2, 0.25) is 0 Å². The van der Waals surface area contributed by atoms with Gasteiger partial charge in [-0.3, -0.25) is 4.57 Å². The van der Waals surface area contributed by atoms with E-state index in [4.69, 9.17) is 21.6 Å². The molecule has 0 unspecified atom stereocenters. The third kappa shape index (κ3) is 4.80. The highest BCUT2D eigenvalue weighted by atomic mass is 79.9. The Morgan fingerprint density at radius 1 is 1.58 bits per heavy atom. The standard InChI is InChI=1S/C5H12BrClNO3P/c1-4(2)3-5(8(6)7)12(9,10)11/h4-5H,3H2,1-2H3,(H2,9,10,11)/t5-/m1/s1. The molecule has 0 heterocycles. The van der Waals surface area contributed by atoms with Gasteiger partial charge < -0.3 is 9.79 Å². The summed E-state index contributed by atoms with van der Waals surface area (Å²) in [6.07, 6.45) is 0.346. The van der Waals surface area contributed by atoms with Crippen LogP contribution < -0.4 is 0 Å². The quantitative estimate of drug-likeness (QED) is 0.613. The average Bonchev–Trinajstić information content (AvgIpc) is 1.79. The summed E-state index contributed by atoms with van der Waals surface area (Å²) in [5.74, 6) is -0.777. The minimum atomic E-state index is -4.14. The van der Waals surface area contributed by atoms with Gasteiger partial charge in [0.1, 0.15) is 5.78 Å². The predicted octanol–water partition coefficient (Wildman–Crippen LogP) is 2.30. The first kappa shape index (κ1) is 12.9. The monoisotopic (exact) mass is 279 g/mol. The van der Waals surface area contributed by atoms with Crippen molar-refractivity contribution in [3.63, 3.8) is 0 Å². The second kappa shape index (κ2) is 4.94. The highest BCUT2D eigenvalue weighted by Gasteiger charge is 2.33. The number of hydrogen-bond acceptors (Lipinski definition) is 2. The molecule has 0 saturated heterocycles. The number of halogens is 2. The van der Waals surface area contributed by atoms with E-state index in [1.807, 2.05) is 13.8 Å². The second-order valence-electron chi connectivity index (χ2n) is 2.96. The smallest absolute Gasteiger partial charge is 0.323 e. The summed E-state index contributed by atoms with van der Waals surface area (Å²) < 4.78 is 11.7. The highest BCUT2D eigenvalue weighted by molar-refractivity contribution is 9.08. The molecule has 0 aromatic carbocycles. The molecule has 4 nitrogen and oxygen atoms in total. The van der Waals surface area contributed by atoms with Gasteiger partial charge in [0.2, 0.25) is 0 Å². The molecule has 0 saturated carbocycles. The molecular weight excluding hydrogens is 268 g/mol. The maximum atomic E-state index is 10.8. The average molecular weight is 280 g/mol. The zero-order valence-corrected chi connectivity index (χ0v) is 10.1. The van der Waals surface area contributed by atoms with Crippen LogP contribution in [-0.4, -0.2) is 19.0 Å². The van der Waals surface area contributed by atoms with E-state index in [2.05, 4.69) is 16.1 Å². The lowest BCUT2D eigenvalue weighted by atomic mass is 10.1. The van der Waals surface area contributed by atoms with Crippen LogP contribution in [0.5, 0.6) is 0 Å². The van der Waals surface area contributed by atoms with E-state index in [0.717, 1.165) is 3.45 Å². The van der Waals surface area contributed by atoms with Crippen molar-refractivity contribution in [2.75, 3.05) is 0 Å². The van der Waals surface area contributed by atoms with Gasteiger partial charge in [0.15, 0.2) is 0 Å². The van der Waals surface area contributed by atoms with Gasteiger partial charge in [-0.15, -0.1) is 3.45 Å². The lowest BCUT2D eigenvalue weighted by Crippen LogP contribution is -2.21. The first-order valence-electron chi connectivity index (χ1n) is 3.41. The molecule has 12 heavy (non-hydrogen) atoms. The van der Waals surface area contributed by atoms with E-state index in [1.54, 1.807) is 0 Å². The molecular formula is C5H12BrClNO3P. The summed E-state index contributed by atoms with van der Waals surface area (Å²) in [5.41, 5.74) is 0. The van der Waals surface area contributed by atoms with Crippen LogP contribution in [0.15, 0.2) is 0 Å². The van der Waals surface area contributed by atoms with Gasteiger partial charge in [-0.2, -0.15) is 0 Å². The molecule has 2 N–H and O–H groups in total. The third-order valence-electron chi connectivity index (χ3n) is 1.30. The first-order valence-corrected chi connectivity index (χ1v) is 6.14. The largest absolute Gasteiger partial charge is 0.344 e. The van der Waals surface area contributed by atoms with Crippen molar-refractivity contribution >= 4 is 35.5 Å². The summed E-state index contributed by atoms with van der Waals surface area (Å²) in [5, 5.41) is 0. The van der Waals surface area contributed by atoms with Crippen molar-refractivity contribution in [2.24, 2.45) is 5.92 Å². The van der Waals surface area contributed by atoms with Crippen molar-refractivity contribution in [2.45, 2.75) is 26.1 Å². The molecule has 0 spiro atoms. The second-order valence-corrected chi connectivity index (χ2v) is 6.27. The van der Waals surface area contributed by atoms with Crippen molar-refractivity contribution in [3.05, 3.63) is 0 Å². The van der Waals surface area contributed by atoms with Crippen molar-refractivity contribution in [3.8, 4) is 0 Å². The molecule has 0 fully saturated rings. The zero-order valence-electron chi connectivity index (χ0n) is 6.81. The van der Waals surface area contributed by atoms with Gasteiger partial charge in [0.05, 0.1) is 0 Å². The Bertz CT molecular complexity index is 184. The van der Waals surface area contributed by atoms with Crippen LogP contribution in [-0.2, 0) is 4.57 Å². The lowest BCUT2D eigenvalue weighted by molar-refractivity contribution is 0.327. The molecule has 0 radical (unpaired) electrons. The summed E-state index contributed by atoms with van der Waals surface area (Å²) in [6, 6.07) is 0. The van der Waals surface area contributed by atoms with Gasteiger partial charge in [0, 0.05) is 16.1 Å². The van der Waals surface area contributed by atoms with Crippen LogP contribution >= 0.6 is 35.5 Å². The number of hydrogen-bond donors (Lipinski definition) is 2. The molecule has 1 atom stereocenters.